The number of nitrogens with zero attached hydrogens (tertiary/aromatic N) is 1. The Morgan fingerprint density at radius 3 is 2.60 bits per heavy atom. The number of amides is 1. The van der Waals surface area contributed by atoms with Crippen LogP contribution in [0, 0.1) is 5.82 Å². The topological polar surface area (TPSA) is 58.4 Å². The summed E-state index contributed by atoms with van der Waals surface area (Å²) in [6, 6.07) is 3.66. The molecule has 3 N–H and O–H groups in total. The number of nitrogen functional groups attached to an aromatic ring is 1. The maximum absolute atomic E-state index is 12.9. The van der Waals surface area contributed by atoms with Crippen LogP contribution in [-0.2, 0) is 4.79 Å². The monoisotopic (exact) mass is 293 g/mol. The third-order valence-electron chi connectivity index (χ3n) is 2.45. The summed E-state index contributed by atoms with van der Waals surface area (Å²) in [6.45, 7) is -1.12. The van der Waals surface area contributed by atoms with Gasteiger partial charge in [0.25, 0.3) is 0 Å². The second kappa shape index (κ2) is 6.56. The number of nitrogens with two attached hydrogens (primary N) is 1. The van der Waals surface area contributed by atoms with E-state index in [0.717, 1.165) is 11.0 Å². The Morgan fingerprint density at radius 2 is 2.05 bits per heavy atom. The standard InChI is InChI=1S/C12H15F4N3O/c1-19(7-12(14,15)16)5-4-11(20)18-8-2-3-9(13)10(17)6-8/h2-3,6H,4-5,7,17H2,1H3,(H,18,20). The number of carbonyl (C=O) groups is 1. The van der Waals surface area contributed by atoms with E-state index in [-0.39, 0.29) is 18.7 Å². The highest BCUT2D eigenvalue weighted by Gasteiger charge is 2.29. The van der Waals surface area contributed by atoms with E-state index in [0.29, 0.717) is 5.69 Å². The van der Waals surface area contributed by atoms with E-state index in [1.54, 1.807) is 0 Å². The van der Waals surface area contributed by atoms with E-state index < -0.39 is 24.4 Å². The maximum Gasteiger partial charge on any atom is 0.401 e. The minimum absolute atomic E-state index is 0.0397. The van der Waals surface area contributed by atoms with E-state index in [1.807, 2.05) is 0 Å². The van der Waals surface area contributed by atoms with Gasteiger partial charge in [0.1, 0.15) is 5.82 Å². The van der Waals surface area contributed by atoms with Crippen molar-refractivity contribution in [3.63, 3.8) is 0 Å². The zero-order valence-corrected chi connectivity index (χ0v) is 10.8. The van der Waals surface area contributed by atoms with Crippen LogP contribution in [0.1, 0.15) is 6.42 Å². The Balaban J connectivity index is 2.42. The first-order chi connectivity index (χ1) is 9.17. The fraction of sp³-hybridized carbons (Fsp3) is 0.417. The first-order valence-corrected chi connectivity index (χ1v) is 5.77. The van der Waals surface area contributed by atoms with E-state index >= 15 is 0 Å². The highest BCUT2D eigenvalue weighted by molar-refractivity contribution is 5.91. The Bertz CT molecular complexity index is 476. The Hall–Kier alpha value is -1.83. The van der Waals surface area contributed by atoms with Crippen molar-refractivity contribution in [3.8, 4) is 0 Å². The molecular formula is C12H15F4N3O. The van der Waals surface area contributed by atoms with Gasteiger partial charge in [-0.15, -0.1) is 0 Å². The lowest BCUT2D eigenvalue weighted by Gasteiger charge is -2.18. The van der Waals surface area contributed by atoms with Crippen molar-refractivity contribution in [2.45, 2.75) is 12.6 Å². The summed E-state index contributed by atoms with van der Waals surface area (Å²) < 4.78 is 49.1. The minimum Gasteiger partial charge on any atom is -0.396 e. The van der Waals surface area contributed by atoms with Gasteiger partial charge in [0.05, 0.1) is 12.2 Å². The number of benzene rings is 1. The van der Waals surface area contributed by atoms with E-state index in [9.17, 15) is 22.4 Å². The van der Waals surface area contributed by atoms with E-state index in [2.05, 4.69) is 5.32 Å². The van der Waals surface area contributed by atoms with Crippen molar-refractivity contribution in [1.29, 1.82) is 0 Å². The molecule has 1 aromatic rings. The van der Waals surface area contributed by atoms with Gasteiger partial charge < -0.3 is 11.1 Å². The van der Waals surface area contributed by atoms with Crippen LogP contribution >= 0.6 is 0 Å². The Morgan fingerprint density at radius 1 is 1.40 bits per heavy atom. The molecule has 20 heavy (non-hydrogen) atoms. The third kappa shape index (κ3) is 5.87. The molecule has 1 rings (SSSR count). The lowest BCUT2D eigenvalue weighted by molar-refractivity contribution is -0.144. The highest BCUT2D eigenvalue weighted by Crippen LogP contribution is 2.17. The molecule has 0 aliphatic rings. The molecule has 0 unspecified atom stereocenters. The molecule has 0 aliphatic heterocycles. The Labute approximate surface area is 113 Å². The molecule has 8 heteroatoms. The fourth-order valence-corrected chi connectivity index (χ4v) is 1.52. The summed E-state index contributed by atoms with van der Waals surface area (Å²) in [7, 11) is 1.27. The third-order valence-corrected chi connectivity index (χ3v) is 2.45. The average Bonchev–Trinajstić information content (AvgIpc) is 2.29. The molecule has 0 bridgehead atoms. The lowest BCUT2D eigenvalue weighted by atomic mass is 10.2. The molecule has 1 aromatic carbocycles. The predicted octanol–water partition coefficient (Wildman–Crippen LogP) is 2.23. The SMILES string of the molecule is CN(CCC(=O)Nc1ccc(F)c(N)c1)CC(F)(F)F. The van der Waals surface area contributed by atoms with Gasteiger partial charge in [0.2, 0.25) is 5.91 Å². The van der Waals surface area contributed by atoms with Crippen molar-refractivity contribution in [2.24, 2.45) is 0 Å². The van der Waals surface area contributed by atoms with Gasteiger partial charge in [-0.1, -0.05) is 0 Å². The van der Waals surface area contributed by atoms with Crippen LogP contribution < -0.4 is 11.1 Å². The number of hydrogen-bond acceptors (Lipinski definition) is 3. The second-order valence-corrected chi connectivity index (χ2v) is 4.39. The van der Waals surface area contributed by atoms with Crippen molar-refractivity contribution < 1.29 is 22.4 Å². The minimum atomic E-state index is -4.30. The molecule has 0 saturated carbocycles. The van der Waals surface area contributed by atoms with Crippen LogP contribution in [0.15, 0.2) is 18.2 Å². The van der Waals surface area contributed by atoms with Gasteiger partial charge in [-0.3, -0.25) is 9.69 Å². The lowest BCUT2D eigenvalue weighted by Crippen LogP contribution is -2.33. The highest BCUT2D eigenvalue weighted by atomic mass is 19.4. The van der Waals surface area contributed by atoms with Crippen molar-refractivity contribution >= 4 is 17.3 Å². The molecule has 0 fully saturated rings. The summed E-state index contributed by atoms with van der Waals surface area (Å²) in [4.78, 5) is 12.5. The molecule has 0 saturated heterocycles. The zero-order chi connectivity index (χ0) is 15.3. The van der Waals surface area contributed by atoms with Crippen molar-refractivity contribution in [2.75, 3.05) is 31.2 Å². The molecule has 0 aromatic heterocycles. The summed E-state index contributed by atoms with van der Waals surface area (Å²) >= 11 is 0. The largest absolute Gasteiger partial charge is 0.401 e. The van der Waals surface area contributed by atoms with Gasteiger partial charge in [-0.2, -0.15) is 13.2 Å². The number of rotatable bonds is 5. The number of carbonyl (C=O) groups excluding carboxylic acids is 1. The summed E-state index contributed by atoms with van der Waals surface area (Å²) in [5, 5.41) is 2.43. The van der Waals surface area contributed by atoms with Gasteiger partial charge >= 0.3 is 6.18 Å². The number of halogens is 4. The Kier molecular flexibility index (Phi) is 5.32. The van der Waals surface area contributed by atoms with Gasteiger partial charge in [-0.05, 0) is 25.2 Å². The number of anilines is 2. The molecule has 0 atom stereocenters. The molecule has 4 nitrogen and oxygen atoms in total. The quantitative estimate of drug-likeness (QED) is 0.646. The van der Waals surface area contributed by atoms with E-state index in [1.165, 1.54) is 19.2 Å². The van der Waals surface area contributed by atoms with Gasteiger partial charge in [0.15, 0.2) is 0 Å². The van der Waals surface area contributed by atoms with E-state index in [4.69, 9.17) is 5.73 Å². The first-order valence-electron chi connectivity index (χ1n) is 5.77. The second-order valence-electron chi connectivity index (χ2n) is 4.39. The van der Waals surface area contributed by atoms with Crippen LogP contribution in [0.5, 0.6) is 0 Å². The van der Waals surface area contributed by atoms with Crippen LogP contribution in [0.4, 0.5) is 28.9 Å². The number of nitrogens with one attached hydrogen (secondary N) is 1. The molecule has 0 heterocycles. The fourth-order valence-electron chi connectivity index (χ4n) is 1.52. The molecule has 112 valence electrons. The molecule has 0 radical (unpaired) electrons. The molecule has 0 aliphatic carbocycles. The van der Waals surface area contributed by atoms with Crippen LogP contribution in [0.25, 0.3) is 0 Å². The van der Waals surface area contributed by atoms with Crippen molar-refractivity contribution in [3.05, 3.63) is 24.0 Å². The smallest absolute Gasteiger partial charge is 0.396 e. The summed E-state index contributed by atoms with van der Waals surface area (Å²) in [6.07, 6.45) is -4.40. The molecule has 1 amide bonds. The predicted molar refractivity (Wildman–Crippen MR) is 67.6 cm³/mol. The molecule has 0 spiro atoms. The summed E-state index contributed by atoms with van der Waals surface area (Å²) in [5.41, 5.74) is 5.51. The number of hydrogen-bond donors (Lipinski definition) is 2. The number of alkyl halides is 3. The molecular weight excluding hydrogens is 278 g/mol. The van der Waals surface area contributed by atoms with Crippen LogP contribution in [0.2, 0.25) is 0 Å². The maximum atomic E-state index is 12.9. The van der Waals surface area contributed by atoms with Gasteiger partial charge in [0, 0.05) is 18.7 Å². The van der Waals surface area contributed by atoms with Crippen LogP contribution in [0.3, 0.4) is 0 Å². The normalized spacial score (nSPS) is 11.7. The first kappa shape index (κ1) is 16.2. The van der Waals surface area contributed by atoms with Gasteiger partial charge in [-0.25, -0.2) is 4.39 Å². The summed E-state index contributed by atoms with van der Waals surface area (Å²) in [5.74, 6) is -1.07. The van der Waals surface area contributed by atoms with Crippen LogP contribution in [-0.4, -0.2) is 37.1 Å². The average molecular weight is 293 g/mol. The zero-order valence-electron chi connectivity index (χ0n) is 10.8. The van der Waals surface area contributed by atoms with Crippen molar-refractivity contribution in [1.82, 2.24) is 4.90 Å².